The fourth-order valence-electron chi connectivity index (χ4n) is 1.96. The Bertz CT molecular complexity index is 667. The highest BCUT2D eigenvalue weighted by atomic mass is 16.4. The molecule has 0 fully saturated rings. The molecule has 21 heavy (non-hydrogen) atoms. The summed E-state index contributed by atoms with van der Waals surface area (Å²) in [5, 5.41) is 19.3. The third-order valence-corrected chi connectivity index (χ3v) is 3.15. The molecule has 0 aromatic carbocycles. The second-order valence-electron chi connectivity index (χ2n) is 4.79. The summed E-state index contributed by atoms with van der Waals surface area (Å²) < 4.78 is 1.50. The number of rotatable bonds is 6. The quantitative estimate of drug-likeness (QED) is 0.812. The van der Waals surface area contributed by atoms with Crippen molar-refractivity contribution in [3.05, 3.63) is 17.8 Å². The standard InChI is InChI=1S/C13H17N5O3/c1-3-4-5-9(13(20)21)15-12(19)8-6-10-11(14-7-8)18(2)17-16-10/h6-7,9H,3-5H2,1-2H3,(H,15,19)(H,20,21). The van der Waals surface area contributed by atoms with Crippen LogP contribution in [0.5, 0.6) is 0 Å². The first-order valence-electron chi connectivity index (χ1n) is 6.72. The number of hydrogen-bond donors (Lipinski definition) is 2. The Balaban J connectivity index is 2.14. The maximum absolute atomic E-state index is 12.1. The summed E-state index contributed by atoms with van der Waals surface area (Å²) in [6.45, 7) is 1.96. The van der Waals surface area contributed by atoms with Crippen LogP contribution in [0, 0.1) is 0 Å². The number of carbonyl (C=O) groups excluding carboxylic acids is 1. The van der Waals surface area contributed by atoms with E-state index in [1.165, 1.54) is 10.9 Å². The summed E-state index contributed by atoms with van der Waals surface area (Å²) in [5.74, 6) is -1.51. The minimum Gasteiger partial charge on any atom is -0.480 e. The van der Waals surface area contributed by atoms with Crippen molar-refractivity contribution in [1.82, 2.24) is 25.3 Å². The summed E-state index contributed by atoms with van der Waals surface area (Å²) >= 11 is 0. The Hall–Kier alpha value is -2.51. The van der Waals surface area contributed by atoms with E-state index >= 15 is 0 Å². The number of unbranched alkanes of at least 4 members (excludes halogenated alkanes) is 1. The number of amides is 1. The Kier molecular flexibility index (Phi) is 4.46. The smallest absolute Gasteiger partial charge is 0.326 e. The molecule has 2 aromatic rings. The van der Waals surface area contributed by atoms with Crippen molar-refractivity contribution >= 4 is 23.0 Å². The highest BCUT2D eigenvalue weighted by molar-refractivity contribution is 5.98. The summed E-state index contributed by atoms with van der Waals surface area (Å²) in [5.41, 5.74) is 1.32. The molecule has 0 saturated carbocycles. The fourth-order valence-corrected chi connectivity index (χ4v) is 1.96. The molecular weight excluding hydrogens is 274 g/mol. The number of aryl methyl sites for hydroxylation is 1. The molecule has 8 nitrogen and oxygen atoms in total. The third kappa shape index (κ3) is 3.33. The zero-order chi connectivity index (χ0) is 15.4. The van der Waals surface area contributed by atoms with Gasteiger partial charge in [0.1, 0.15) is 11.6 Å². The van der Waals surface area contributed by atoms with Crippen molar-refractivity contribution in [3.8, 4) is 0 Å². The lowest BCUT2D eigenvalue weighted by Crippen LogP contribution is -2.40. The van der Waals surface area contributed by atoms with Crippen LogP contribution in [0.4, 0.5) is 0 Å². The van der Waals surface area contributed by atoms with Gasteiger partial charge in [0, 0.05) is 13.2 Å². The molecule has 2 heterocycles. The van der Waals surface area contributed by atoms with Gasteiger partial charge in [-0.2, -0.15) is 0 Å². The molecule has 0 aliphatic heterocycles. The Morgan fingerprint density at radius 3 is 2.90 bits per heavy atom. The van der Waals surface area contributed by atoms with Gasteiger partial charge in [-0.05, 0) is 12.5 Å². The van der Waals surface area contributed by atoms with E-state index < -0.39 is 17.9 Å². The molecule has 1 atom stereocenters. The lowest BCUT2D eigenvalue weighted by molar-refractivity contribution is -0.139. The van der Waals surface area contributed by atoms with Crippen molar-refractivity contribution in [2.75, 3.05) is 0 Å². The van der Waals surface area contributed by atoms with E-state index in [0.717, 1.165) is 12.8 Å². The van der Waals surface area contributed by atoms with Crippen LogP contribution in [-0.2, 0) is 11.8 Å². The zero-order valence-electron chi connectivity index (χ0n) is 11.9. The van der Waals surface area contributed by atoms with Crippen molar-refractivity contribution < 1.29 is 14.7 Å². The minimum atomic E-state index is -1.04. The van der Waals surface area contributed by atoms with Gasteiger partial charge < -0.3 is 10.4 Å². The van der Waals surface area contributed by atoms with Gasteiger partial charge in [-0.3, -0.25) is 4.79 Å². The first-order valence-corrected chi connectivity index (χ1v) is 6.72. The fraction of sp³-hybridized carbons (Fsp3) is 0.462. The maximum atomic E-state index is 12.1. The van der Waals surface area contributed by atoms with E-state index in [9.17, 15) is 9.59 Å². The number of carboxylic acids is 1. The van der Waals surface area contributed by atoms with Crippen molar-refractivity contribution in [1.29, 1.82) is 0 Å². The number of carbonyl (C=O) groups is 2. The molecule has 0 saturated heterocycles. The van der Waals surface area contributed by atoms with Crippen LogP contribution >= 0.6 is 0 Å². The molecule has 0 spiro atoms. The normalized spacial score (nSPS) is 12.3. The third-order valence-electron chi connectivity index (χ3n) is 3.15. The maximum Gasteiger partial charge on any atom is 0.326 e. The van der Waals surface area contributed by atoms with Gasteiger partial charge >= 0.3 is 5.97 Å². The summed E-state index contributed by atoms with van der Waals surface area (Å²) in [6.07, 6.45) is 3.39. The number of nitrogens with one attached hydrogen (secondary N) is 1. The molecule has 0 radical (unpaired) electrons. The monoisotopic (exact) mass is 291 g/mol. The molecule has 8 heteroatoms. The molecule has 0 bridgehead atoms. The van der Waals surface area contributed by atoms with E-state index in [1.54, 1.807) is 13.1 Å². The number of carboxylic acid groups (broad SMARTS) is 1. The molecule has 2 aromatic heterocycles. The van der Waals surface area contributed by atoms with Crippen LogP contribution in [0.25, 0.3) is 11.2 Å². The summed E-state index contributed by atoms with van der Waals surface area (Å²) in [6, 6.07) is 0.652. The largest absolute Gasteiger partial charge is 0.480 e. The van der Waals surface area contributed by atoms with Crippen LogP contribution in [0.3, 0.4) is 0 Å². The predicted molar refractivity (Wildman–Crippen MR) is 74.7 cm³/mol. The van der Waals surface area contributed by atoms with Crippen molar-refractivity contribution in [2.24, 2.45) is 7.05 Å². The summed E-state index contributed by atoms with van der Waals surface area (Å²) in [7, 11) is 1.70. The highest BCUT2D eigenvalue weighted by Crippen LogP contribution is 2.10. The van der Waals surface area contributed by atoms with Gasteiger partial charge in [0.2, 0.25) is 0 Å². The van der Waals surface area contributed by atoms with Crippen molar-refractivity contribution in [2.45, 2.75) is 32.2 Å². The summed E-state index contributed by atoms with van der Waals surface area (Å²) in [4.78, 5) is 27.3. The second-order valence-corrected chi connectivity index (χ2v) is 4.79. The molecule has 0 aliphatic carbocycles. The molecule has 1 amide bonds. The number of pyridine rings is 1. The van der Waals surface area contributed by atoms with Gasteiger partial charge in [0.25, 0.3) is 5.91 Å². The number of aliphatic carboxylic acids is 1. The molecule has 2 N–H and O–H groups in total. The van der Waals surface area contributed by atoms with E-state index in [2.05, 4.69) is 20.6 Å². The zero-order valence-corrected chi connectivity index (χ0v) is 11.9. The van der Waals surface area contributed by atoms with Gasteiger partial charge in [-0.25, -0.2) is 14.5 Å². The number of nitrogens with zero attached hydrogens (tertiary/aromatic N) is 4. The van der Waals surface area contributed by atoms with Crippen LogP contribution in [0.15, 0.2) is 12.3 Å². The van der Waals surface area contributed by atoms with Crippen LogP contribution in [-0.4, -0.2) is 43.0 Å². The molecule has 1 unspecified atom stereocenters. The van der Waals surface area contributed by atoms with E-state index in [1.807, 2.05) is 6.92 Å². The Labute approximate surface area is 121 Å². The molecule has 0 aliphatic rings. The van der Waals surface area contributed by atoms with Crippen molar-refractivity contribution in [3.63, 3.8) is 0 Å². The second kappa shape index (κ2) is 6.29. The van der Waals surface area contributed by atoms with E-state index in [-0.39, 0.29) is 5.56 Å². The molecule has 2 rings (SSSR count). The van der Waals surface area contributed by atoms with Crippen LogP contribution in [0.2, 0.25) is 0 Å². The molecular formula is C13H17N5O3. The molecule has 112 valence electrons. The first-order chi connectivity index (χ1) is 10.0. The van der Waals surface area contributed by atoms with E-state index in [0.29, 0.717) is 17.6 Å². The number of fused-ring (bicyclic) bond motifs is 1. The van der Waals surface area contributed by atoms with Crippen LogP contribution in [0.1, 0.15) is 36.5 Å². The Morgan fingerprint density at radius 2 is 2.24 bits per heavy atom. The average Bonchev–Trinajstić information content (AvgIpc) is 2.84. The predicted octanol–water partition coefficient (Wildman–Crippen LogP) is 0.736. The topological polar surface area (TPSA) is 110 Å². The van der Waals surface area contributed by atoms with Gasteiger partial charge in [0.15, 0.2) is 5.65 Å². The van der Waals surface area contributed by atoms with Gasteiger partial charge in [-0.15, -0.1) is 5.10 Å². The van der Waals surface area contributed by atoms with Gasteiger partial charge in [0.05, 0.1) is 5.56 Å². The lowest BCUT2D eigenvalue weighted by atomic mass is 10.1. The van der Waals surface area contributed by atoms with Gasteiger partial charge in [-0.1, -0.05) is 25.0 Å². The first kappa shape index (κ1) is 14.9. The average molecular weight is 291 g/mol. The van der Waals surface area contributed by atoms with Crippen LogP contribution < -0.4 is 5.32 Å². The highest BCUT2D eigenvalue weighted by Gasteiger charge is 2.20. The Morgan fingerprint density at radius 1 is 1.48 bits per heavy atom. The number of hydrogen-bond acceptors (Lipinski definition) is 5. The van der Waals surface area contributed by atoms with E-state index in [4.69, 9.17) is 5.11 Å². The lowest BCUT2D eigenvalue weighted by Gasteiger charge is -2.13. The SMILES string of the molecule is CCCCC(NC(=O)c1cnc2c(c1)nnn2C)C(=O)O. The minimum absolute atomic E-state index is 0.269. The number of aromatic nitrogens is 4.